The van der Waals surface area contributed by atoms with Gasteiger partial charge in [0.1, 0.15) is 29.1 Å². The number of fused-ring (bicyclic) bond motifs is 1. The summed E-state index contributed by atoms with van der Waals surface area (Å²) in [6.07, 6.45) is 0.427. The second-order valence-corrected chi connectivity index (χ2v) is 8.38. The summed E-state index contributed by atoms with van der Waals surface area (Å²) < 4.78 is 34.4. The molecule has 0 spiro atoms. The van der Waals surface area contributed by atoms with E-state index >= 15 is 0 Å². The van der Waals surface area contributed by atoms with E-state index in [0.717, 1.165) is 12.2 Å². The zero-order valence-electron chi connectivity index (χ0n) is 20.7. The van der Waals surface area contributed by atoms with E-state index in [-0.39, 0.29) is 13.2 Å². The number of hydrogen-bond donors (Lipinski definition) is 0. The maximum atomic E-state index is 11.4. The minimum absolute atomic E-state index is 0.174. The van der Waals surface area contributed by atoms with Crippen LogP contribution in [0.4, 0.5) is 0 Å². The molecule has 38 heavy (non-hydrogen) atoms. The van der Waals surface area contributed by atoms with Crippen LogP contribution < -0.4 is 9.47 Å². The molecular weight excluding hydrogens is 490 g/mol. The van der Waals surface area contributed by atoms with Gasteiger partial charge in [-0.25, -0.2) is 9.59 Å². The van der Waals surface area contributed by atoms with E-state index in [1.54, 1.807) is 48.5 Å². The molecular formula is C29H27NO8. The monoisotopic (exact) mass is 517 g/mol. The third-order valence-corrected chi connectivity index (χ3v) is 6.06. The molecule has 0 aliphatic carbocycles. The number of carbonyl (C=O) groups excluding carboxylic acids is 2. The van der Waals surface area contributed by atoms with Crippen LogP contribution in [0.25, 0.3) is 11.5 Å². The van der Waals surface area contributed by atoms with Gasteiger partial charge in [0.05, 0.1) is 13.2 Å². The highest BCUT2D eigenvalue weighted by atomic mass is 16.7. The second-order valence-electron chi connectivity index (χ2n) is 8.38. The number of ether oxygens (including phenoxy) is 6. The Morgan fingerprint density at radius 1 is 0.842 bits per heavy atom. The van der Waals surface area contributed by atoms with E-state index in [4.69, 9.17) is 28.4 Å². The zero-order valence-corrected chi connectivity index (χ0v) is 20.7. The van der Waals surface area contributed by atoms with Crippen molar-refractivity contribution in [2.45, 2.75) is 24.0 Å². The number of benzene rings is 2. The largest absolute Gasteiger partial charge is 0.485 e. The van der Waals surface area contributed by atoms with Gasteiger partial charge in [-0.05, 0) is 55.2 Å². The van der Waals surface area contributed by atoms with E-state index in [9.17, 15) is 9.59 Å². The first-order chi connectivity index (χ1) is 18.3. The fraction of sp³-hybridized carbons (Fsp3) is 0.207. The molecule has 0 amide bonds. The quantitative estimate of drug-likeness (QED) is 0.144. The van der Waals surface area contributed by atoms with Crippen molar-refractivity contribution in [3.8, 4) is 11.5 Å². The van der Waals surface area contributed by atoms with Gasteiger partial charge < -0.3 is 28.4 Å². The lowest BCUT2D eigenvalue weighted by Gasteiger charge is -2.29. The van der Waals surface area contributed by atoms with Crippen molar-refractivity contribution in [2.75, 3.05) is 13.2 Å². The van der Waals surface area contributed by atoms with Gasteiger partial charge in [0, 0.05) is 23.3 Å². The van der Waals surface area contributed by atoms with Gasteiger partial charge in [0.25, 0.3) is 0 Å². The van der Waals surface area contributed by atoms with Crippen molar-refractivity contribution in [1.82, 2.24) is 0 Å². The molecule has 0 N–H and O–H groups in total. The van der Waals surface area contributed by atoms with Gasteiger partial charge in [0.2, 0.25) is 5.72 Å². The van der Waals surface area contributed by atoms with Crippen LogP contribution in [-0.2, 0) is 28.5 Å². The maximum absolute atomic E-state index is 11.4. The number of carbonyl (C=O) groups is 2. The van der Waals surface area contributed by atoms with E-state index in [0.29, 0.717) is 34.1 Å². The lowest BCUT2D eigenvalue weighted by Crippen LogP contribution is -2.46. The molecule has 9 heteroatoms. The zero-order chi connectivity index (χ0) is 27.3. The van der Waals surface area contributed by atoms with Gasteiger partial charge >= 0.3 is 11.9 Å². The van der Waals surface area contributed by atoms with Crippen LogP contribution in [0.15, 0.2) is 92.0 Å². The van der Waals surface area contributed by atoms with Gasteiger partial charge in [-0.15, -0.1) is 0 Å². The van der Waals surface area contributed by atoms with Crippen LogP contribution in [0.2, 0.25) is 0 Å². The molecule has 0 aromatic heterocycles. The second kappa shape index (κ2) is 11.3. The molecule has 2 aromatic carbocycles. The van der Waals surface area contributed by atoms with Crippen molar-refractivity contribution < 1.29 is 38.0 Å². The highest BCUT2D eigenvalue weighted by Crippen LogP contribution is 2.43. The number of rotatable bonds is 11. The average molecular weight is 518 g/mol. The molecule has 0 saturated carbocycles. The minimum atomic E-state index is -1.20. The lowest BCUT2D eigenvalue weighted by molar-refractivity contribution is -0.129. The molecule has 9 nitrogen and oxygen atoms in total. The Balaban J connectivity index is 1.39. The van der Waals surface area contributed by atoms with E-state index in [1.807, 2.05) is 0 Å². The highest BCUT2D eigenvalue weighted by molar-refractivity contribution is 5.83. The normalized spacial score (nSPS) is 23.4. The van der Waals surface area contributed by atoms with Gasteiger partial charge in [-0.1, -0.05) is 26.3 Å². The van der Waals surface area contributed by atoms with Crippen LogP contribution in [0.1, 0.15) is 11.1 Å². The average Bonchev–Trinajstić information content (AvgIpc) is 3.47. The molecule has 2 aliphatic heterocycles. The Hall–Kier alpha value is -4.47. The molecule has 0 unspecified atom stereocenters. The van der Waals surface area contributed by atoms with Crippen LogP contribution in [0.5, 0.6) is 11.5 Å². The third-order valence-electron chi connectivity index (χ3n) is 6.06. The predicted octanol–water partition coefficient (Wildman–Crippen LogP) is 4.11. The molecule has 2 aromatic rings. The number of hydrogen-bond acceptors (Lipinski definition) is 9. The Bertz CT molecular complexity index is 1270. The summed E-state index contributed by atoms with van der Waals surface area (Å²) in [4.78, 5) is 27.0. The van der Waals surface area contributed by atoms with Crippen molar-refractivity contribution >= 4 is 30.2 Å². The molecule has 4 atom stereocenters. The first kappa shape index (κ1) is 26.6. The topological polar surface area (TPSA) is 102 Å². The standard InChI is InChI=1S/C29H27NO8/c1-6-26(31)37-22-12-8-20(9-13-22)18(3)35-24-16-34-29(30-5)25(17-33-28(24)29)36-19(4)21-10-14-23(15-11-21)38-27(32)7-2/h6-15,24-25,28H,1-5,16-17H2/t24-,25-,28-,29-/m1/s1. The van der Waals surface area contributed by atoms with Crippen molar-refractivity contribution in [2.24, 2.45) is 4.99 Å². The summed E-state index contributed by atoms with van der Waals surface area (Å²) in [6.45, 7) is 18.8. The summed E-state index contributed by atoms with van der Waals surface area (Å²) in [5.74, 6) is 0.384. The fourth-order valence-corrected chi connectivity index (χ4v) is 4.14. The van der Waals surface area contributed by atoms with Crippen LogP contribution in [0, 0.1) is 0 Å². The summed E-state index contributed by atoms with van der Waals surface area (Å²) in [5.41, 5.74) is 0.164. The Kier molecular flexibility index (Phi) is 7.90. The van der Waals surface area contributed by atoms with Gasteiger partial charge in [0.15, 0.2) is 12.2 Å². The van der Waals surface area contributed by atoms with Crippen LogP contribution in [-0.4, -0.2) is 55.9 Å². The number of aliphatic imine (C=N–C) groups is 1. The number of esters is 2. The summed E-state index contributed by atoms with van der Waals surface area (Å²) in [5, 5.41) is 0. The molecule has 2 fully saturated rings. The van der Waals surface area contributed by atoms with Gasteiger partial charge in [-0.3, -0.25) is 4.99 Å². The first-order valence-electron chi connectivity index (χ1n) is 11.6. The molecule has 2 aliphatic rings. The molecule has 2 saturated heterocycles. The Labute approximate surface area is 220 Å². The fourth-order valence-electron chi connectivity index (χ4n) is 4.14. The van der Waals surface area contributed by atoms with Crippen molar-refractivity contribution in [3.63, 3.8) is 0 Å². The van der Waals surface area contributed by atoms with Crippen molar-refractivity contribution in [3.05, 3.63) is 98.1 Å². The predicted molar refractivity (Wildman–Crippen MR) is 140 cm³/mol. The molecule has 4 rings (SSSR count). The molecule has 0 radical (unpaired) electrons. The lowest BCUT2D eigenvalue weighted by atomic mass is 10.0. The first-order valence-corrected chi connectivity index (χ1v) is 11.6. The van der Waals surface area contributed by atoms with E-state index in [2.05, 4.69) is 38.0 Å². The van der Waals surface area contributed by atoms with E-state index in [1.165, 1.54) is 0 Å². The summed E-state index contributed by atoms with van der Waals surface area (Å²) >= 11 is 0. The minimum Gasteiger partial charge on any atom is -0.485 e. The summed E-state index contributed by atoms with van der Waals surface area (Å²) in [7, 11) is 0. The number of nitrogens with zero attached hydrogens (tertiary/aromatic N) is 1. The van der Waals surface area contributed by atoms with E-state index < -0.39 is 36.0 Å². The highest BCUT2D eigenvalue weighted by Gasteiger charge is 2.62. The SMILES string of the molecule is C=CC(=O)Oc1ccc(C(=C)O[C@@H]2CO[C@@]3(N=C)[C@@H]2OC[C@H]3OC(=C)c2ccc(OC(=O)C=C)cc2)cc1. The molecule has 2 heterocycles. The smallest absolute Gasteiger partial charge is 0.335 e. The van der Waals surface area contributed by atoms with Crippen LogP contribution in [0.3, 0.4) is 0 Å². The Morgan fingerprint density at radius 2 is 1.34 bits per heavy atom. The summed E-state index contributed by atoms with van der Waals surface area (Å²) in [6, 6.07) is 13.4. The van der Waals surface area contributed by atoms with Crippen LogP contribution >= 0.6 is 0 Å². The third kappa shape index (κ3) is 5.44. The Morgan fingerprint density at radius 3 is 1.82 bits per heavy atom. The molecule has 196 valence electrons. The van der Waals surface area contributed by atoms with Crippen molar-refractivity contribution in [1.29, 1.82) is 0 Å². The molecule has 0 bridgehead atoms. The van der Waals surface area contributed by atoms with Gasteiger partial charge in [-0.2, -0.15) is 0 Å². The maximum Gasteiger partial charge on any atom is 0.335 e.